The molecule has 2 bridgehead atoms. The van der Waals surface area contributed by atoms with Gasteiger partial charge in [0.15, 0.2) is 0 Å². The quantitative estimate of drug-likeness (QED) is 0.341. The fourth-order valence-corrected chi connectivity index (χ4v) is 4.36. The van der Waals surface area contributed by atoms with Gasteiger partial charge < -0.3 is 15.4 Å². The van der Waals surface area contributed by atoms with Crippen LogP contribution in [0.2, 0.25) is 0 Å². The highest BCUT2D eigenvalue weighted by atomic mass is 32.3. The molecule has 0 radical (unpaired) electrons. The van der Waals surface area contributed by atoms with Gasteiger partial charge in [-0.05, 0) is 18.1 Å². The number of carbonyl (C=O) groups is 2. The topological polar surface area (TPSA) is 174 Å². The van der Waals surface area contributed by atoms with Crippen LogP contribution in [0.1, 0.15) is 18.0 Å². The fourth-order valence-electron chi connectivity index (χ4n) is 3.99. The third-order valence-corrected chi connectivity index (χ3v) is 5.92. The van der Waals surface area contributed by atoms with Gasteiger partial charge in [0.1, 0.15) is 6.04 Å². The molecule has 4 heterocycles. The minimum atomic E-state index is -4.91. The Morgan fingerprint density at radius 3 is 2.87 bits per heavy atom. The molecule has 1 unspecified atom stereocenters. The first-order chi connectivity index (χ1) is 14.2. The maximum Gasteiger partial charge on any atom is 0.418 e. The lowest BCUT2D eigenvalue weighted by molar-refractivity contribution is -0.194. The summed E-state index contributed by atoms with van der Waals surface area (Å²) >= 11 is 0. The van der Waals surface area contributed by atoms with E-state index in [9.17, 15) is 18.0 Å². The summed E-state index contributed by atoms with van der Waals surface area (Å²) in [5.74, 6) is -0.583. The molecule has 14 heteroatoms. The van der Waals surface area contributed by atoms with E-state index in [4.69, 9.17) is 19.9 Å². The number of nitrogens with zero attached hydrogens (tertiary/aromatic N) is 3. The molecule has 3 aliphatic rings. The number of aromatic nitrogens is 1. The zero-order chi connectivity index (χ0) is 21.5. The monoisotopic (exact) mass is 443 g/mol. The lowest BCUT2D eigenvalue weighted by Gasteiger charge is -2.50. The van der Waals surface area contributed by atoms with E-state index < -0.39 is 45.9 Å². The van der Waals surface area contributed by atoms with Crippen LogP contribution in [-0.4, -0.2) is 78.3 Å². The van der Waals surface area contributed by atoms with Crippen molar-refractivity contribution in [1.29, 1.82) is 0 Å². The summed E-state index contributed by atoms with van der Waals surface area (Å²) in [4.78, 5) is 35.7. The van der Waals surface area contributed by atoms with Crippen LogP contribution in [0.25, 0.3) is 0 Å². The van der Waals surface area contributed by atoms with Gasteiger partial charge in [0, 0.05) is 24.4 Å². The third-order valence-electron chi connectivity index (χ3n) is 5.57. The number of nitrogens with two attached hydrogens (primary N) is 1. The minimum Gasteiger partial charge on any atom is -0.380 e. The van der Waals surface area contributed by atoms with Gasteiger partial charge in [0.25, 0.3) is 5.91 Å². The first-order valence-corrected chi connectivity index (χ1v) is 10.5. The largest absolute Gasteiger partial charge is 0.418 e. The lowest BCUT2D eigenvalue weighted by Crippen LogP contribution is -2.63. The lowest BCUT2D eigenvalue weighted by atomic mass is 9.71. The van der Waals surface area contributed by atoms with Gasteiger partial charge in [-0.2, -0.15) is 13.5 Å². The molecule has 13 nitrogen and oxygen atoms in total. The maximum absolute atomic E-state index is 12.7. The molecule has 4 N–H and O–H groups in total. The van der Waals surface area contributed by atoms with Crippen molar-refractivity contribution in [3.8, 4) is 0 Å². The van der Waals surface area contributed by atoms with E-state index in [-0.39, 0.29) is 32.8 Å². The van der Waals surface area contributed by atoms with Crippen LogP contribution in [0.3, 0.4) is 0 Å². The second-order valence-corrected chi connectivity index (χ2v) is 8.53. The van der Waals surface area contributed by atoms with Crippen molar-refractivity contribution in [2.24, 2.45) is 11.1 Å². The highest BCUT2D eigenvalue weighted by Gasteiger charge is 2.63. The molecule has 1 aromatic rings. The van der Waals surface area contributed by atoms with E-state index in [1.54, 1.807) is 24.5 Å². The van der Waals surface area contributed by atoms with Gasteiger partial charge in [0.2, 0.25) is 0 Å². The smallest absolute Gasteiger partial charge is 0.380 e. The molecule has 30 heavy (non-hydrogen) atoms. The van der Waals surface area contributed by atoms with Crippen molar-refractivity contribution in [1.82, 2.24) is 20.4 Å². The van der Waals surface area contributed by atoms with Crippen LogP contribution in [0.15, 0.2) is 24.5 Å². The van der Waals surface area contributed by atoms with Gasteiger partial charge in [-0.25, -0.2) is 10.3 Å². The first kappa shape index (κ1) is 20.9. The number of hydroxylamine groups is 3. The van der Waals surface area contributed by atoms with Crippen LogP contribution in [0.4, 0.5) is 4.79 Å². The zero-order valence-corrected chi connectivity index (χ0v) is 16.5. The van der Waals surface area contributed by atoms with E-state index >= 15 is 0 Å². The number of fused-ring (bicyclic) bond motifs is 3. The van der Waals surface area contributed by atoms with E-state index in [0.29, 0.717) is 5.06 Å². The van der Waals surface area contributed by atoms with Crippen molar-refractivity contribution in [3.63, 3.8) is 0 Å². The van der Waals surface area contributed by atoms with Crippen molar-refractivity contribution in [2.45, 2.75) is 24.5 Å². The highest BCUT2D eigenvalue weighted by molar-refractivity contribution is 7.80. The average Bonchev–Trinajstić information content (AvgIpc) is 2.93. The van der Waals surface area contributed by atoms with E-state index in [2.05, 4.69) is 14.7 Å². The Morgan fingerprint density at radius 2 is 2.27 bits per heavy atom. The molecule has 164 valence electrons. The predicted molar refractivity (Wildman–Crippen MR) is 97.3 cm³/mol. The number of urea groups is 1. The Kier molecular flexibility index (Phi) is 5.37. The molecule has 0 aromatic carbocycles. The highest BCUT2D eigenvalue weighted by Crippen LogP contribution is 2.47. The predicted octanol–water partition coefficient (Wildman–Crippen LogP) is -1.24. The fraction of sp³-hybridized carbons (Fsp3) is 0.562. The Morgan fingerprint density at radius 1 is 1.50 bits per heavy atom. The van der Waals surface area contributed by atoms with Crippen molar-refractivity contribution < 1.29 is 36.4 Å². The summed E-state index contributed by atoms with van der Waals surface area (Å²) in [5, 5.41) is 0.601. The molecular weight excluding hydrogens is 422 g/mol. The molecular formula is C16H21N5O8S. The van der Waals surface area contributed by atoms with Gasteiger partial charge in [0.05, 0.1) is 31.9 Å². The van der Waals surface area contributed by atoms with Crippen molar-refractivity contribution in [3.05, 3.63) is 30.1 Å². The second kappa shape index (κ2) is 7.72. The number of hydrogen-bond donors (Lipinski definition) is 3. The summed E-state index contributed by atoms with van der Waals surface area (Å²) < 4.78 is 41.0. The number of rotatable bonds is 7. The molecule has 3 amide bonds. The number of nitrogens with one attached hydrogen (secondary N) is 1. The van der Waals surface area contributed by atoms with Crippen LogP contribution < -0.4 is 11.2 Å². The van der Waals surface area contributed by atoms with Crippen molar-refractivity contribution in [2.75, 3.05) is 26.4 Å². The zero-order valence-electron chi connectivity index (χ0n) is 15.7. The Labute approximate surface area is 171 Å². The Bertz CT molecular complexity index is 925. The molecule has 3 saturated heterocycles. The summed E-state index contributed by atoms with van der Waals surface area (Å²) in [7, 11) is -4.91. The van der Waals surface area contributed by atoms with E-state index in [0.717, 1.165) is 5.56 Å². The number of hydrogen-bond acceptors (Lipinski definition) is 9. The van der Waals surface area contributed by atoms with Crippen LogP contribution in [0, 0.1) is 5.41 Å². The van der Waals surface area contributed by atoms with Crippen LogP contribution in [-0.2, 0) is 29.1 Å². The third kappa shape index (κ3) is 3.84. The van der Waals surface area contributed by atoms with Crippen LogP contribution in [0.5, 0.6) is 0 Å². The first-order valence-electron chi connectivity index (χ1n) is 9.12. The van der Waals surface area contributed by atoms with Crippen LogP contribution >= 0.6 is 0 Å². The van der Waals surface area contributed by atoms with E-state index in [1.807, 2.05) is 0 Å². The van der Waals surface area contributed by atoms with Gasteiger partial charge in [-0.15, -0.1) is 4.28 Å². The molecule has 3 fully saturated rings. The number of ether oxygens (including phenoxy) is 1. The summed E-state index contributed by atoms with van der Waals surface area (Å²) in [5.41, 5.74) is 8.36. The Balaban J connectivity index is 1.42. The summed E-state index contributed by atoms with van der Waals surface area (Å²) in [6.07, 6.45) is 3.42. The molecule has 3 atom stereocenters. The Hall–Kier alpha value is -2.36. The molecule has 1 spiro atoms. The number of piperidine rings is 1. The molecule has 3 aliphatic heterocycles. The number of carbonyl (C=O) groups excluding carboxylic acids is 2. The number of pyridine rings is 1. The molecule has 4 rings (SSSR count). The normalized spacial score (nSPS) is 25.9. The number of amides is 3. The molecule has 0 aliphatic carbocycles. The average molecular weight is 443 g/mol. The maximum atomic E-state index is 12.7. The second-order valence-electron chi connectivity index (χ2n) is 7.52. The standard InChI is InChI=1S/C16H21N5O8S/c17-11(10-2-1-3-18-5-10)7-28-19-14(22)12-4-16(8-27-9-16)13-6-20(12)15(23)21(13)29-30(24,25)26/h1-3,5,11-13H,4,6-9,17H2,(H,19,22)(H,24,25,26)/t11?,12-,13-/m0/s1. The van der Waals surface area contributed by atoms with Crippen molar-refractivity contribution >= 4 is 22.3 Å². The minimum absolute atomic E-state index is 0.0209. The molecule has 1 aromatic heterocycles. The SMILES string of the molecule is NC(CONC(=O)[C@@H]1CC2(COC2)[C@@H]2CN1C(=O)N2OS(=O)(=O)O)c1cccnc1. The van der Waals surface area contributed by atoms with Gasteiger partial charge in [-0.1, -0.05) is 6.07 Å². The summed E-state index contributed by atoms with van der Waals surface area (Å²) in [6.45, 7) is 0.471. The molecule has 0 saturated carbocycles. The summed E-state index contributed by atoms with van der Waals surface area (Å²) in [6, 6.07) is 0.539. The van der Waals surface area contributed by atoms with Gasteiger partial charge >= 0.3 is 16.4 Å². The van der Waals surface area contributed by atoms with E-state index in [1.165, 1.54) is 4.90 Å². The van der Waals surface area contributed by atoms with Gasteiger partial charge in [-0.3, -0.25) is 19.2 Å².